The van der Waals surface area contributed by atoms with E-state index in [0.29, 0.717) is 0 Å². The van der Waals surface area contributed by atoms with Crippen LogP contribution in [-0.2, 0) is 6.42 Å². The average molecular weight is 124 g/mol. The van der Waals surface area contributed by atoms with Gasteiger partial charge in [-0.2, -0.15) is 5.10 Å². The van der Waals surface area contributed by atoms with Gasteiger partial charge in [0, 0.05) is 6.20 Å². The van der Waals surface area contributed by atoms with E-state index < -0.39 is 0 Å². The summed E-state index contributed by atoms with van der Waals surface area (Å²) in [7, 11) is 0. The molecule has 1 N–H and O–H groups in total. The summed E-state index contributed by atoms with van der Waals surface area (Å²) in [4.78, 5) is 0. The molecule has 1 heterocycles. The van der Waals surface area contributed by atoms with E-state index in [-0.39, 0.29) is 0 Å². The summed E-state index contributed by atoms with van der Waals surface area (Å²) in [5.74, 6) is 0. The minimum atomic E-state index is 1.16. The Morgan fingerprint density at radius 1 is 1.67 bits per heavy atom. The van der Waals surface area contributed by atoms with Crippen LogP contribution in [0.5, 0.6) is 0 Å². The first-order valence-electron chi connectivity index (χ1n) is 3.41. The van der Waals surface area contributed by atoms with Gasteiger partial charge in [-0.05, 0) is 18.4 Å². The van der Waals surface area contributed by atoms with Crippen molar-refractivity contribution >= 4 is 0 Å². The largest absolute Gasteiger partial charge is 0.285 e. The molecule has 0 unspecified atom stereocenters. The number of rotatable bonds is 3. The molecule has 9 heavy (non-hydrogen) atoms. The number of unbranched alkanes of at least 4 members (excludes halogenated alkanes) is 1. The van der Waals surface area contributed by atoms with Crippen molar-refractivity contribution in [2.75, 3.05) is 0 Å². The predicted octanol–water partition coefficient (Wildman–Crippen LogP) is 1.75. The Morgan fingerprint density at radius 3 is 3.11 bits per heavy atom. The smallest absolute Gasteiger partial charge is 0.0519 e. The molecule has 2 heteroatoms. The minimum absolute atomic E-state index is 1.16. The predicted molar refractivity (Wildman–Crippen MR) is 37.2 cm³/mol. The van der Waals surface area contributed by atoms with Crippen LogP contribution >= 0.6 is 0 Å². The summed E-state index contributed by atoms with van der Waals surface area (Å²) in [5, 5.41) is 6.64. The fourth-order valence-corrected chi connectivity index (χ4v) is 0.795. The SMILES string of the molecule is CCCCc1cn[nH]c1. The van der Waals surface area contributed by atoms with Gasteiger partial charge < -0.3 is 0 Å². The molecule has 0 aliphatic heterocycles. The Bertz CT molecular complexity index is 144. The summed E-state index contributed by atoms with van der Waals surface area (Å²) in [6.45, 7) is 2.19. The van der Waals surface area contributed by atoms with Crippen LogP contribution in [0.15, 0.2) is 12.4 Å². The molecular weight excluding hydrogens is 112 g/mol. The second-order valence-corrected chi connectivity index (χ2v) is 2.21. The third-order valence-electron chi connectivity index (χ3n) is 1.37. The highest BCUT2D eigenvalue weighted by atomic mass is 15.1. The summed E-state index contributed by atoms with van der Waals surface area (Å²) in [5.41, 5.74) is 1.32. The lowest BCUT2D eigenvalue weighted by Crippen LogP contribution is -1.78. The van der Waals surface area contributed by atoms with Gasteiger partial charge >= 0.3 is 0 Å². The zero-order valence-corrected chi connectivity index (χ0v) is 5.72. The molecule has 0 aliphatic carbocycles. The molecule has 1 aromatic heterocycles. The normalized spacial score (nSPS) is 9.89. The molecule has 50 valence electrons. The quantitative estimate of drug-likeness (QED) is 0.653. The fourth-order valence-electron chi connectivity index (χ4n) is 0.795. The topological polar surface area (TPSA) is 28.7 Å². The van der Waals surface area contributed by atoms with Gasteiger partial charge in [-0.1, -0.05) is 13.3 Å². The molecule has 1 rings (SSSR count). The van der Waals surface area contributed by atoms with E-state index in [1.807, 2.05) is 12.4 Å². The van der Waals surface area contributed by atoms with Crippen molar-refractivity contribution in [3.63, 3.8) is 0 Å². The number of hydrogen-bond donors (Lipinski definition) is 1. The molecule has 0 radical (unpaired) electrons. The van der Waals surface area contributed by atoms with Crippen LogP contribution in [0.1, 0.15) is 25.3 Å². The summed E-state index contributed by atoms with van der Waals surface area (Å²) < 4.78 is 0. The second-order valence-electron chi connectivity index (χ2n) is 2.21. The van der Waals surface area contributed by atoms with E-state index in [1.165, 1.54) is 18.4 Å². The number of aromatic amines is 1. The second kappa shape index (κ2) is 3.28. The lowest BCUT2D eigenvalue weighted by molar-refractivity contribution is 0.795. The first kappa shape index (κ1) is 6.33. The third-order valence-corrected chi connectivity index (χ3v) is 1.37. The number of hydrogen-bond acceptors (Lipinski definition) is 1. The summed E-state index contributed by atoms with van der Waals surface area (Å²) >= 11 is 0. The van der Waals surface area contributed by atoms with Crippen molar-refractivity contribution in [3.05, 3.63) is 18.0 Å². The maximum atomic E-state index is 3.85. The number of aromatic nitrogens is 2. The van der Waals surface area contributed by atoms with Gasteiger partial charge in [-0.3, -0.25) is 5.10 Å². The third kappa shape index (κ3) is 1.88. The zero-order valence-electron chi connectivity index (χ0n) is 5.72. The van der Waals surface area contributed by atoms with Crippen molar-refractivity contribution in [2.45, 2.75) is 26.2 Å². The highest BCUT2D eigenvalue weighted by molar-refractivity contribution is 5.01. The molecule has 0 aromatic carbocycles. The Morgan fingerprint density at radius 2 is 2.56 bits per heavy atom. The van der Waals surface area contributed by atoms with E-state index in [2.05, 4.69) is 17.1 Å². The average Bonchev–Trinajstić information content (AvgIpc) is 2.34. The van der Waals surface area contributed by atoms with E-state index >= 15 is 0 Å². The van der Waals surface area contributed by atoms with Crippen LogP contribution in [0.4, 0.5) is 0 Å². The van der Waals surface area contributed by atoms with Crippen LogP contribution in [0.3, 0.4) is 0 Å². The Balaban J connectivity index is 2.30. The number of H-pyrrole nitrogens is 1. The van der Waals surface area contributed by atoms with Crippen LogP contribution in [0.25, 0.3) is 0 Å². The molecule has 0 fully saturated rings. The van der Waals surface area contributed by atoms with Gasteiger partial charge in [0.1, 0.15) is 0 Å². The molecule has 0 atom stereocenters. The van der Waals surface area contributed by atoms with Crippen LogP contribution in [0.2, 0.25) is 0 Å². The molecule has 0 bridgehead atoms. The van der Waals surface area contributed by atoms with Crippen molar-refractivity contribution in [1.29, 1.82) is 0 Å². The maximum absolute atomic E-state index is 3.85. The maximum Gasteiger partial charge on any atom is 0.0519 e. The standard InChI is InChI=1S/C7H12N2/c1-2-3-4-7-5-8-9-6-7/h5-6H,2-4H2,1H3,(H,8,9). The van der Waals surface area contributed by atoms with E-state index in [4.69, 9.17) is 0 Å². The van der Waals surface area contributed by atoms with E-state index in [1.54, 1.807) is 0 Å². The lowest BCUT2D eigenvalue weighted by Gasteiger charge is -1.89. The molecule has 0 spiro atoms. The number of aryl methyl sites for hydroxylation is 1. The van der Waals surface area contributed by atoms with Gasteiger partial charge in [0.05, 0.1) is 6.20 Å². The van der Waals surface area contributed by atoms with Gasteiger partial charge in [-0.15, -0.1) is 0 Å². The zero-order chi connectivity index (χ0) is 6.53. The highest BCUT2D eigenvalue weighted by Crippen LogP contribution is 2.00. The Labute approximate surface area is 55.3 Å². The first-order valence-corrected chi connectivity index (χ1v) is 3.41. The van der Waals surface area contributed by atoms with Gasteiger partial charge in [-0.25, -0.2) is 0 Å². The van der Waals surface area contributed by atoms with Crippen LogP contribution < -0.4 is 0 Å². The van der Waals surface area contributed by atoms with E-state index in [0.717, 1.165) is 6.42 Å². The summed E-state index contributed by atoms with van der Waals surface area (Å²) in [6.07, 6.45) is 7.52. The monoisotopic (exact) mass is 124 g/mol. The molecule has 0 saturated heterocycles. The molecular formula is C7H12N2. The van der Waals surface area contributed by atoms with Crippen molar-refractivity contribution in [3.8, 4) is 0 Å². The number of nitrogens with one attached hydrogen (secondary N) is 1. The summed E-state index contributed by atoms with van der Waals surface area (Å²) in [6, 6.07) is 0. The Hall–Kier alpha value is -0.790. The molecule has 0 saturated carbocycles. The first-order chi connectivity index (χ1) is 4.43. The minimum Gasteiger partial charge on any atom is -0.285 e. The van der Waals surface area contributed by atoms with Gasteiger partial charge in [0.15, 0.2) is 0 Å². The number of nitrogens with zero attached hydrogens (tertiary/aromatic N) is 1. The van der Waals surface area contributed by atoms with Gasteiger partial charge in [0.2, 0.25) is 0 Å². The lowest BCUT2D eigenvalue weighted by atomic mass is 10.2. The highest BCUT2D eigenvalue weighted by Gasteiger charge is 1.89. The van der Waals surface area contributed by atoms with E-state index in [9.17, 15) is 0 Å². The van der Waals surface area contributed by atoms with Crippen molar-refractivity contribution in [2.24, 2.45) is 0 Å². The molecule has 2 nitrogen and oxygen atoms in total. The van der Waals surface area contributed by atoms with Crippen LogP contribution in [-0.4, -0.2) is 10.2 Å². The van der Waals surface area contributed by atoms with Crippen molar-refractivity contribution < 1.29 is 0 Å². The molecule has 0 aliphatic rings. The van der Waals surface area contributed by atoms with Crippen molar-refractivity contribution in [1.82, 2.24) is 10.2 Å². The Kier molecular flexibility index (Phi) is 2.31. The molecule has 1 aromatic rings. The van der Waals surface area contributed by atoms with Gasteiger partial charge in [0.25, 0.3) is 0 Å². The fraction of sp³-hybridized carbons (Fsp3) is 0.571. The van der Waals surface area contributed by atoms with Crippen LogP contribution in [0, 0.1) is 0 Å². The molecule has 0 amide bonds.